The molecule has 0 unspecified atom stereocenters. The van der Waals surface area contributed by atoms with Gasteiger partial charge in [0.05, 0.1) is 0 Å². The first kappa shape index (κ1) is 12.9. The minimum absolute atomic E-state index is 0.219. The van der Waals surface area contributed by atoms with Crippen LogP contribution < -0.4 is 10.9 Å². The number of hydrazine groups is 1. The van der Waals surface area contributed by atoms with Crippen LogP contribution in [0, 0.1) is 0 Å². The van der Waals surface area contributed by atoms with Crippen LogP contribution in [0.4, 0.5) is 0 Å². The molecule has 2 rings (SSSR count). The van der Waals surface area contributed by atoms with Crippen molar-refractivity contribution in [3.8, 4) is 0 Å². The van der Waals surface area contributed by atoms with Crippen LogP contribution in [-0.2, 0) is 11.2 Å². The smallest absolute Gasteiger partial charge is 0.286 e. The number of amides is 2. The summed E-state index contributed by atoms with van der Waals surface area (Å²) in [5.74, 6) is -0.582. The van der Waals surface area contributed by atoms with E-state index in [1.54, 1.807) is 18.3 Å². The molecule has 0 radical (unpaired) electrons. The number of H-pyrrole nitrogens is 1. The Morgan fingerprint density at radius 2 is 1.79 bits per heavy atom. The highest BCUT2D eigenvalue weighted by Gasteiger charge is 2.07. The van der Waals surface area contributed by atoms with Gasteiger partial charge < -0.3 is 4.98 Å². The summed E-state index contributed by atoms with van der Waals surface area (Å²) in [6.07, 6.45) is 2.62. The second-order valence-electron chi connectivity index (χ2n) is 4.07. The van der Waals surface area contributed by atoms with E-state index in [0.29, 0.717) is 18.5 Å². The fourth-order valence-electron chi connectivity index (χ4n) is 1.63. The molecule has 1 heterocycles. The first-order chi connectivity index (χ1) is 9.25. The lowest BCUT2D eigenvalue weighted by atomic mass is 10.1. The second-order valence-corrected chi connectivity index (χ2v) is 4.07. The van der Waals surface area contributed by atoms with Gasteiger partial charge in [0.1, 0.15) is 5.69 Å². The summed E-state index contributed by atoms with van der Waals surface area (Å²) in [7, 11) is 0. The number of aryl methyl sites for hydroxylation is 1. The lowest BCUT2D eigenvalue weighted by molar-refractivity contribution is -0.121. The highest BCUT2D eigenvalue weighted by molar-refractivity contribution is 5.93. The Hall–Kier alpha value is -2.56. The molecule has 0 bridgehead atoms. The predicted octanol–water partition coefficient (Wildman–Crippen LogP) is 1.41. The molecule has 5 heteroatoms. The van der Waals surface area contributed by atoms with Crippen molar-refractivity contribution < 1.29 is 9.59 Å². The summed E-state index contributed by atoms with van der Waals surface area (Å²) in [5.41, 5.74) is 6.23. The number of carbonyl (C=O) groups is 2. The van der Waals surface area contributed by atoms with E-state index in [4.69, 9.17) is 0 Å². The Kier molecular flexibility index (Phi) is 4.34. The molecular formula is C14H15N3O2. The van der Waals surface area contributed by atoms with E-state index in [9.17, 15) is 9.59 Å². The molecule has 0 saturated heterocycles. The SMILES string of the molecule is O=C(CCc1ccccc1)NNC(=O)c1ccc[nH]1. The lowest BCUT2D eigenvalue weighted by Gasteiger charge is -2.06. The van der Waals surface area contributed by atoms with Crippen molar-refractivity contribution in [3.63, 3.8) is 0 Å². The van der Waals surface area contributed by atoms with E-state index >= 15 is 0 Å². The van der Waals surface area contributed by atoms with Crippen molar-refractivity contribution in [2.75, 3.05) is 0 Å². The van der Waals surface area contributed by atoms with Crippen LogP contribution in [-0.4, -0.2) is 16.8 Å². The standard InChI is InChI=1S/C14H15N3O2/c18-13(9-8-11-5-2-1-3-6-11)16-17-14(19)12-7-4-10-15-12/h1-7,10,15H,8-9H2,(H,16,18)(H,17,19). The Morgan fingerprint density at radius 3 is 2.47 bits per heavy atom. The summed E-state index contributed by atoms with van der Waals surface area (Å²) in [6.45, 7) is 0. The predicted molar refractivity (Wildman–Crippen MR) is 71.2 cm³/mol. The Balaban J connectivity index is 1.72. The molecule has 19 heavy (non-hydrogen) atoms. The van der Waals surface area contributed by atoms with Crippen molar-refractivity contribution in [2.45, 2.75) is 12.8 Å². The minimum Gasteiger partial charge on any atom is -0.357 e. The van der Waals surface area contributed by atoms with Crippen molar-refractivity contribution >= 4 is 11.8 Å². The second kappa shape index (κ2) is 6.39. The van der Waals surface area contributed by atoms with Gasteiger partial charge in [0.2, 0.25) is 5.91 Å². The molecule has 2 aromatic rings. The van der Waals surface area contributed by atoms with Gasteiger partial charge in [0.25, 0.3) is 5.91 Å². The quantitative estimate of drug-likeness (QED) is 0.724. The third-order valence-corrected chi connectivity index (χ3v) is 2.64. The van der Waals surface area contributed by atoms with Gasteiger partial charge in [-0.05, 0) is 24.1 Å². The monoisotopic (exact) mass is 257 g/mol. The summed E-state index contributed by atoms with van der Waals surface area (Å²) < 4.78 is 0. The molecule has 0 atom stereocenters. The number of nitrogens with one attached hydrogen (secondary N) is 3. The summed E-state index contributed by atoms with van der Waals surface area (Å²) >= 11 is 0. The van der Waals surface area contributed by atoms with Crippen LogP contribution in [0.25, 0.3) is 0 Å². The van der Waals surface area contributed by atoms with Gasteiger partial charge in [-0.3, -0.25) is 20.4 Å². The molecule has 0 spiro atoms. The molecule has 1 aromatic carbocycles. The highest BCUT2D eigenvalue weighted by atomic mass is 16.2. The summed E-state index contributed by atoms with van der Waals surface area (Å²) in [4.78, 5) is 25.8. The van der Waals surface area contributed by atoms with Crippen molar-refractivity contribution in [1.82, 2.24) is 15.8 Å². The maximum absolute atomic E-state index is 11.6. The fraction of sp³-hybridized carbons (Fsp3) is 0.143. The number of aromatic nitrogens is 1. The minimum atomic E-state index is -0.363. The zero-order valence-electron chi connectivity index (χ0n) is 10.3. The van der Waals surface area contributed by atoms with Crippen molar-refractivity contribution in [1.29, 1.82) is 0 Å². The third kappa shape index (κ3) is 3.99. The van der Waals surface area contributed by atoms with Gasteiger partial charge in [0.15, 0.2) is 0 Å². The number of aromatic amines is 1. The number of rotatable bonds is 4. The van der Waals surface area contributed by atoms with Crippen LogP contribution in [0.3, 0.4) is 0 Å². The molecular weight excluding hydrogens is 242 g/mol. The van der Waals surface area contributed by atoms with Gasteiger partial charge >= 0.3 is 0 Å². The number of benzene rings is 1. The zero-order chi connectivity index (χ0) is 13.5. The molecule has 0 aliphatic carbocycles. The molecule has 5 nitrogen and oxygen atoms in total. The normalized spacial score (nSPS) is 9.89. The summed E-state index contributed by atoms with van der Waals surface area (Å²) in [5, 5.41) is 0. The van der Waals surface area contributed by atoms with Gasteiger partial charge in [-0.1, -0.05) is 30.3 Å². The van der Waals surface area contributed by atoms with Crippen LogP contribution in [0.15, 0.2) is 48.7 Å². The maximum atomic E-state index is 11.6. The topological polar surface area (TPSA) is 74.0 Å². The molecule has 3 N–H and O–H groups in total. The molecule has 0 aliphatic rings. The third-order valence-electron chi connectivity index (χ3n) is 2.64. The van der Waals surface area contributed by atoms with Crippen LogP contribution in [0.2, 0.25) is 0 Å². The van der Waals surface area contributed by atoms with Crippen LogP contribution >= 0.6 is 0 Å². The first-order valence-corrected chi connectivity index (χ1v) is 6.02. The van der Waals surface area contributed by atoms with E-state index in [-0.39, 0.29) is 11.8 Å². The molecule has 98 valence electrons. The van der Waals surface area contributed by atoms with E-state index in [2.05, 4.69) is 15.8 Å². The Bertz CT molecular complexity index is 535. The zero-order valence-corrected chi connectivity index (χ0v) is 10.3. The number of hydrogen-bond donors (Lipinski definition) is 3. The molecule has 0 fully saturated rings. The number of carbonyl (C=O) groups excluding carboxylic acids is 2. The highest BCUT2D eigenvalue weighted by Crippen LogP contribution is 2.01. The van der Waals surface area contributed by atoms with Gasteiger partial charge in [-0.15, -0.1) is 0 Å². The van der Waals surface area contributed by atoms with Gasteiger partial charge in [0, 0.05) is 12.6 Å². The summed E-state index contributed by atoms with van der Waals surface area (Å²) in [6, 6.07) is 13.1. The average Bonchev–Trinajstić information content (AvgIpc) is 2.98. The van der Waals surface area contributed by atoms with E-state index < -0.39 is 0 Å². The first-order valence-electron chi connectivity index (χ1n) is 6.02. The van der Waals surface area contributed by atoms with E-state index in [1.807, 2.05) is 30.3 Å². The Labute approximate surface area is 111 Å². The lowest BCUT2D eigenvalue weighted by Crippen LogP contribution is -2.41. The van der Waals surface area contributed by atoms with Gasteiger partial charge in [-0.25, -0.2) is 0 Å². The molecule has 0 aliphatic heterocycles. The van der Waals surface area contributed by atoms with E-state index in [0.717, 1.165) is 5.56 Å². The van der Waals surface area contributed by atoms with Crippen molar-refractivity contribution in [3.05, 3.63) is 59.9 Å². The Morgan fingerprint density at radius 1 is 1.00 bits per heavy atom. The largest absolute Gasteiger partial charge is 0.357 e. The molecule has 2 amide bonds. The van der Waals surface area contributed by atoms with Crippen LogP contribution in [0.5, 0.6) is 0 Å². The number of hydrogen-bond acceptors (Lipinski definition) is 2. The van der Waals surface area contributed by atoms with Crippen molar-refractivity contribution in [2.24, 2.45) is 0 Å². The van der Waals surface area contributed by atoms with Crippen LogP contribution in [0.1, 0.15) is 22.5 Å². The average molecular weight is 257 g/mol. The fourth-order valence-corrected chi connectivity index (χ4v) is 1.63. The van der Waals surface area contributed by atoms with Gasteiger partial charge in [-0.2, -0.15) is 0 Å². The maximum Gasteiger partial charge on any atom is 0.286 e. The van der Waals surface area contributed by atoms with E-state index in [1.165, 1.54) is 0 Å². The molecule has 0 saturated carbocycles. The molecule has 1 aromatic heterocycles.